The lowest BCUT2D eigenvalue weighted by Crippen LogP contribution is -2.48. The Kier molecular flexibility index (Phi) is 3.20. The Morgan fingerprint density at radius 3 is 2.90 bits per heavy atom. The van der Waals surface area contributed by atoms with Crippen LogP contribution in [0, 0.1) is 13.8 Å². The molecule has 6 nitrogen and oxygen atoms in total. The Balaban J connectivity index is 1.96. The molecule has 0 aromatic carbocycles. The van der Waals surface area contributed by atoms with E-state index in [2.05, 4.69) is 10.1 Å². The number of amides is 1. The van der Waals surface area contributed by atoms with Gasteiger partial charge in [-0.15, -0.1) is 0 Å². The molecule has 0 saturated carbocycles. The molecule has 2 aromatic heterocycles. The average molecular weight is 288 g/mol. The van der Waals surface area contributed by atoms with Gasteiger partial charge >= 0.3 is 0 Å². The fourth-order valence-electron chi connectivity index (χ4n) is 2.94. The Morgan fingerprint density at radius 1 is 1.43 bits per heavy atom. The number of carbonyl (C=O) groups is 1. The normalized spacial score (nSPS) is 22.8. The summed E-state index contributed by atoms with van der Waals surface area (Å²) in [6.45, 7) is 6.58. The topological polar surface area (TPSA) is 70.7 Å². The van der Waals surface area contributed by atoms with Gasteiger partial charge in [-0.05, 0) is 33.6 Å². The van der Waals surface area contributed by atoms with Crippen molar-refractivity contribution in [3.63, 3.8) is 0 Å². The number of aliphatic hydroxyl groups is 1. The second-order valence-electron chi connectivity index (χ2n) is 6.14. The summed E-state index contributed by atoms with van der Waals surface area (Å²) >= 11 is 0. The standard InChI is InChI=1S/C15H20N4O2/c1-10-7-13-16-8-12(11(2)19(13)17-10)14(20)18-6-4-5-15(3,21)9-18/h7-8,21H,4-6,9H2,1-3H3. The third kappa shape index (κ3) is 2.51. The van der Waals surface area contributed by atoms with Crippen LogP contribution >= 0.6 is 0 Å². The van der Waals surface area contributed by atoms with Gasteiger partial charge in [0.1, 0.15) is 0 Å². The minimum atomic E-state index is -0.804. The van der Waals surface area contributed by atoms with Gasteiger partial charge < -0.3 is 10.0 Å². The van der Waals surface area contributed by atoms with E-state index in [1.54, 1.807) is 22.5 Å². The van der Waals surface area contributed by atoms with Crippen molar-refractivity contribution < 1.29 is 9.90 Å². The summed E-state index contributed by atoms with van der Waals surface area (Å²) in [5, 5.41) is 14.5. The van der Waals surface area contributed by atoms with Crippen LogP contribution in [0.3, 0.4) is 0 Å². The molecule has 0 bridgehead atoms. The van der Waals surface area contributed by atoms with Gasteiger partial charge in [0.05, 0.1) is 22.6 Å². The molecular weight excluding hydrogens is 268 g/mol. The first-order chi connectivity index (χ1) is 9.87. The molecule has 21 heavy (non-hydrogen) atoms. The summed E-state index contributed by atoms with van der Waals surface area (Å²) in [6.07, 6.45) is 3.15. The van der Waals surface area contributed by atoms with Crippen molar-refractivity contribution in [2.75, 3.05) is 13.1 Å². The van der Waals surface area contributed by atoms with Crippen LogP contribution in [0.15, 0.2) is 12.3 Å². The van der Waals surface area contributed by atoms with Crippen molar-refractivity contribution in [2.24, 2.45) is 0 Å². The lowest BCUT2D eigenvalue weighted by atomic mass is 9.94. The minimum Gasteiger partial charge on any atom is -0.388 e. The maximum atomic E-state index is 12.7. The van der Waals surface area contributed by atoms with Gasteiger partial charge in [0.15, 0.2) is 5.65 Å². The van der Waals surface area contributed by atoms with Crippen LogP contribution in [0.5, 0.6) is 0 Å². The van der Waals surface area contributed by atoms with Crippen molar-refractivity contribution in [2.45, 2.75) is 39.2 Å². The van der Waals surface area contributed by atoms with Crippen LogP contribution in [0.25, 0.3) is 5.65 Å². The number of likely N-dealkylation sites (tertiary alicyclic amines) is 1. The van der Waals surface area contributed by atoms with E-state index in [0.29, 0.717) is 18.7 Å². The van der Waals surface area contributed by atoms with Crippen LogP contribution < -0.4 is 0 Å². The number of fused-ring (bicyclic) bond motifs is 1. The smallest absolute Gasteiger partial charge is 0.257 e. The van der Waals surface area contributed by atoms with E-state index in [1.807, 2.05) is 19.9 Å². The van der Waals surface area contributed by atoms with E-state index in [4.69, 9.17) is 0 Å². The van der Waals surface area contributed by atoms with E-state index in [-0.39, 0.29) is 5.91 Å². The third-order valence-electron chi connectivity index (χ3n) is 4.04. The number of hydrogen-bond acceptors (Lipinski definition) is 4. The average Bonchev–Trinajstić information content (AvgIpc) is 2.79. The van der Waals surface area contributed by atoms with Gasteiger partial charge in [0, 0.05) is 25.4 Å². The van der Waals surface area contributed by atoms with Crippen LogP contribution in [0.4, 0.5) is 0 Å². The van der Waals surface area contributed by atoms with E-state index in [1.165, 1.54) is 0 Å². The lowest BCUT2D eigenvalue weighted by molar-refractivity contribution is -0.0108. The van der Waals surface area contributed by atoms with Crippen molar-refractivity contribution in [1.82, 2.24) is 19.5 Å². The summed E-state index contributed by atoms with van der Waals surface area (Å²) < 4.78 is 1.70. The quantitative estimate of drug-likeness (QED) is 0.859. The number of rotatable bonds is 1. The summed E-state index contributed by atoms with van der Waals surface area (Å²) in [7, 11) is 0. The zero-order chi connectivity index (χ0) is 15.2. The zero-order valence-electron chi connectivity index (χ0n) is 12.6. The van der Waals surface area contributed by atoms with Crippen molar-refractivity contribution in [3.8, 4) is 0 Å². The number of β-amino-alcohol motifs (C(OH)–C–C–N with tert-alkyl or cyclic N) is 1. The Hall–Kier alpha value is -1.95. The highest BCUT2D eigenvalue weighted by Crippen LogP contribution is 2.22. The molecule has 6 heteroatoms. The summed E-state index contributed by atoms with van der Waals surface area (Å²) in [5.41, 5.74) is 2.14. The number of carbonyl (C=O) groups excluding carboxylic acids is 1. The summed E-state index contributed by atoms with van der Waals surface area (Å²) in [5.74, 6) is -0.0879. The molecular formula is C15H20N4O2. The number of aromatic nitrogens is 3. The molecule has 1 unspecified atom stereocenters. The van der Waals surface area contributed by atoms with E-state index >= 15 is 0 Å². The van der Waals surface area contributed by atoms with E-state index < -0.39 is 5.60 Å². The first-order valence-corrected chi connectivity index (χ1v) is 7.21. The predicted octanol–water partition coefficient (Wildman–Crippen LogP) is 1.33. The van der Waals surface area contributed by atoms with Gasteiger partial charge in [-0.3, -0.25) is 4.79 Å². The molecule has 0 spiro atoms. The largest absolute Gasteiger partial charge is 0.388 e. The SMILES string of the molecule is Cc1cc2ncc(C(=O)N3CCCC(C)(O)C3)c(C)n2n1. The molecule has 1 N–H and O–H groups in total. The van der Waals surface area contributed by atoms with Crippen LogP contribution in [-0.4, -0.2) is 49.2 Å². The molecule has 1 atom stereocenters. The lowest BCUT2D eigenvalue weighted by Gasteiger charge is -2.37. The number of piperidine rings is 1. The second-order valence-corrected chi connectivity index (χ2v) is 6.14. The molecule has 1 fully saturated rings. The van der Waals surface area contributed by atoms with Crippen LogP contribution in [0.1, 0.15) is 41.5 Å². The maximum absolute atomic E-state index is 12.7. The predicted molar refractivity (Wildman–Crippen MR) is 78.2 cm³/mol. The number of hydrogen-bond donors (Lipinski definition) is 1. The molecule has 112 valence electrons. The molecule has 1 saturated heterocycles. The fourth-order valence-corrected chi connectivity index (χ4v) is 2.94. The Morgan fingerprint density at radius 2 is 2.19 bits per heavy atom. The summed E-state index contributed by atoms with van der Waals surface area (Å²) in [4.78, 5) is 18.7. The van der Waals surface area contributed by atoms with Crippen molar-refractivity contribution in [3.05, 3.63) is 29.2 Å². The highest BCUT2D eigenvalue weighted by atomic mass is 16.3. The van der Waals surface area contributed by atoms with Gasteiger partial charge in [0.2, 0.25) is 0 Å². The van der Waals surface area contributed by atoms with Gasteiger partial charge in [-0.1, -0.05) is 0 Å². The van der Waals surface area contributed by atoms with E-state index in [0.717, 1.165) is 29.9 Å². The highest BCUT2D eigenvalue weighted by molar-refractivity contribution is 5.95. The summed E-state index contributed by atoms with van der Waals surface area (Å²) in [6, 6.07) is 1.88. The van der Waals surface area contributed by atoms with E-state index in [9.17, 15) is 9.90 Å². The van der Waals surface area contributed by atoms with Gasteiger partial charge in [-0.25, -0.2) is 9.50 Å². The Labute approximate surface area is 123 Å². The first-order valence-electron chi connectivity index (χ1n) is 7.21. The number of aryl methyl sites for hydroxylation is 2. The van der Waals surface area contributed by atoms with Crippen LogP contribution in [0.2, 0.25) is 0 Å². The monoisotopic (exact) mass is 288 g/mol. The fraction of sp³-hybridized carbons (Fsp3) is 0.533. The Bertz CT molecular complexity index is 705. The first kappa shape index (κ1) is 14.0. The van der Waals surface area contributed by atoms with Crippen molar-refractivity contribution in [1.29, 1.82) is 0 Å². The minimum absolute atomic E-state index is 0.0879. The molecule has 3 heterocycles. The highest BCUT2D eigenvalue weighted by Gasteiger charge is 2.32. The zero-order valence-corrected chi connectivity index (χ0v) is 12.6. The van der Waals surface area contributed by atoms with Crippen molar-refractivity contribution >= 4 is 11.6 Å². The number of nitrogens with zero attached hydrogens (tertiary/aromatic N) is 4. The molecule has 2 aromatic rings. The molecule has 0 radical (unpaired) electrons. The van der Waals surface area contributed by atoms with Crippen LogP contribution in [-0.2, 0) is 0 Å². The molecule has 1 amide bonds. The molecule has 1 aliphatic heterocycles. The van der Waals surface area contributed by atoms with Gasteiger partial charge in [0.25, 0.3) is 5.91 Å². The van der Waals surface area contributed by atoms with Gasteiger partial charge in [-0.2, -0.15) is 5.10 Å². The molecule has 3 rings (SSSR count). The molecule has 1 aliphatic rings. The third-order valence-corrected chi connectivity index (χ3v) is 4.04. The second kappa shape index (κ2) is 4.80. The molecule has 0 aliphatic carbocycles. The maximum Gasteiger partial charge on any atom is 0.257 e.